The van der Waals surface area contributed by atoms with Crippen molar-refractivity contribution in [3.05, 3.63) is 18.7 Å². The van der Waals surface area contributed by atoms with E-state index in [0.717, 1.165) is 19.1 Å². The Morgan fingerprint density at radius 2 is 2.38 bits per heavy atom. The van der Waals surface area contributed by atoms with Gasteiger partial charge in [-0.3, -0.25) is 0 Å². The Bertz CT molecular complexity index is 275. The SMILES string of the molecule is CN(CCn1ccnc1)C1CCCNCC1. The van der Waals surface area contributed by atoms with Crippen LogP contribution in [0.1, 0.15) is 19.3 Å². The van der Waals surface area contributed by atoms with Gasteiger partial charge in [0.2, 0.25) is 0 Å². The molecule has 16 heavy (non-hydrogen) atoms. The molecule has 0 bridgehead atoms. The zero-order valence-electron chi connectivity index (χ0n) is 10.1. The van der Waals surface area contributed by atoms with Crippen molar-refractivity contribution < 1.29 is 0 Å². The summed E-state index contributed by atoms with van der Waals surface area (Å²) in [5.41, 5.74) is 0. The monoisotopic (exact) mass is 222 g/mol. The summed E-state index contributed by atoms with van der Waals surface area (Å²) in [6.45, 7) is 4.51. The first-order valence-electron chi connectivity index (χ1n) is 6.23. The Labute approximate surface area is 97.7 Å². The first-order valence-corrected chi connectivity index (χ1v) is 6.23. The van der Waals surface area contributed by atoms with Crippen LogP contribution in [0.4, 0.5) is 0 Å². The van der Waals surface area contributed by atoms with Gasteiger partial charge in [0, 0.05) is 31.5 Å². The smallest absolute Gasteiger partial charge is 0.0946 e. The van der Waals surface area contributed by atoms with Crippen molar-refractivity contribution in [2.45, 2.75) is 31.8 Å². The summed E-state index contributed by atoms with van der Waals surface area (Å²) in [6.07, 6.45) is 9.68. The van der Waals surface area contributed by atoms with Crippen molar-refractivity contribution in [3.8, 4) is 0 Å². The molecule has 4 heteroatoms. The molecule has 1 aliphatic rings. The number of imidazole rings is 1. The van der Waals surface area contributed by atoms with Gasteiger partial charge in [0.05, 0.1) is 6.33 Å². The summed E-state index contributed by atoms with van der Waals surface area (Å²) in [7, 11) is 2.24. The fourth-order valence-electron chi connectivity index (χ4n) is 2.32. The van der Waals surface area contributed by atoms with Crippen LogP contribution >= 0.6 is 0 Å². The van der Waals surface area contributed by atoms with E-state index in [1.807, 2.05) is 18.7 Å². The number of rotatable bonds is 4. The lowest BCUT2D eigenvalue weighted by molar-refractivity contribution is 0.216. The molecule has 1 atom stereocenters. The number of hydrogen-bond donors (Lipinski definition) is 1. The Morgan fingerprint density at radius 1 is 1.44 bits per heavy atom. The van der Waals surface area contributed by atoms with Crippen molar-refractivity contribution in [1.82, 2.24) is 19.8 Å². The van der Waals surface area contributed by atoms with Gasteiger partial charge in [-0.1, -0.05) is 0 Å². The van der Waals surface area contributed by atoms with Crippen LogP contribution in [0.5, 0.6) is 0 Å². The number of aromatic nitrogens is 2. The van der Waals surface area contributed by atoms with Crippen LogP contribution in [0.2, 0.25) is 0 Å². The van der Waals surface area contributed by atoms with Crippen molar-refractivity contribution in [2.24, 2.45) is 0 Å². The maximum absolute atomic E-state index is 4.06. The number of nitrogens with one attached hydrogen (secondary N) is 1. The Balaban J connectivity index is 1.75. The van der Waals surface area contributed by atoms with Gasteiger partial charge in [0.15, 0.2) is 0 Å². The zero-order chi connectivity index (χ0) is 11.2. The topological polar surface area (TPSA) is 33.1 Å². The van der Waals surface area contributed by atoms with E-state index in [1.54, 1.807) is 0 Å². The van der Waals surface area contributed by atoms with E-state index in [4.69, 9.17) is 0 Å². The van der Waals surface area contributed by atoms with Gasteiger partial charge in [-0.15, -0.1) is 0 Å². The average molecular weight is 222 g/mol. The highest BCUT2D eigenvalue weighted by Crippen LogP contribution is 2.11. The third kappa shape index (κ3) is 3.32. The van der Waals surface area contributed by atoms with Crippen LogP contribution in [0.25, 0.3) is 0 Å². The molecule has 4 nitrogen and oxygen atoms in total. The molecule has 0 aliphatic carbocycles. The molecule has 0 amide bonds. The van der Waals surface area contributed by atoms with Gasteiger partial charge in [0.1, 0.15) is 0 Å². The van der Waals surface area contributed by atoms with E-state index in [2.05, 4.69) is 26.8 Å². The minimum atomic E-state index is 0.749. The van der Waals surface area contributed by atoms with E-state index in [1.165, 1.54) is 32.4 Å². The fourth-order valence-corrected chi connectivity index (χ4v) is 2.32. The average Bonchev–Trinajstić information content (AvgIpc) is 2.66. The maximum atomic E-state index is 4.06. The van der Waals surface area contributed by atoms with Crippen LogP contribution in [-0.2, 0) is 6.54 Å². The third-order valence-corrected chi connectivity index (χ3v) is 3.44. The minimum Gasteiger partial charge on any atom is -0.336 e. The standard InChI is InChI=1S/C12H22N4/c1-15(9-10-16-8-7-14-11-16)12-3-2-5-13-6-4-12/h7-8,11-13H,2-6,9-10H2,1H3. The van der Waals surface area contributed by atoms with Crippen molar-refractivity contribution >= 4 is 0 Å². The van der Waals surface area contributed by atoms with Crippen molar-refractivity contribution in [3.63, 3.8) is 0 Å². The van der Waals surface area contributed by atoms with Gasteiger partial charge in [-0.25, -0.2) is 4.98 Å². The van der Waals surface area contributed by atoms with E-state index in [9.17, 15) is 0 Å². The number of likely N-dealkylation sites (N-methyl/N-ethyl adjacent to an activating group) is 1. The highest BCUT2D eigenvalue weighted by molar-refractivity contribution is 4.77. The summed E-state index contributed by atoms with van der Waals surface area (Å²) < 4.78 is 2.14. The number of nitrogens with zero attached hydrogens (tertiary/aromatic N) is 3. The van der Waals surface area contributed by atoms with Crippen molar-refractivity contribution in [2.75, 3.05) is 26.7 Å². The zero-order valence-corrected chi connectivity index (χ0v) is 10.1. The molecular weight excluding hydrogens is 200 g/mol. The molecule has 0 radical (unpaired) electrons. The molecule has 2 heterocycles. The molecule has 1 fully saturated rings. The fraction of sp³-hybridized carbons (Fsp3) is 0.750. The third-order valence-electron chi connectivity index (χ3n) is 3.44. The van der Waals surface area contributed by atoms with Crippen LogP contribution in [-0.4, -0.2) is 47.2 Å². The minimum absolute atomic E-state index is 0.749. The summed E-state index contributed by atoms with van der Waals surface area (Å²) in [6, 6.07) is 0.749. The van der Waals surface area contributed by atoms with E-state index in [-0.39, 0.29) is 0 Å². The first kappa shape index (κ1) is 11.6. The largest absolute Gasteiger partial charge is 0.336 e. The van der Waals surface area contributed by atoms with Gasteiger partial charge in [-0.05, 0) is 39.4 Å². The molecule has 0 spiro atoms. The molecule has 1 unspecified atom stereocenters. The first-order chi connectivity index (χ1) is 7.86. The summed E-state index contributed by atoms with van der Waals surface area (Å²) in [5.74, 6) is 0. The molecule has 1 aliphatic heterocycles. The van der Waals surface area contributed by atoms with Crippen LogP contribution in [0, 0.1) is 0 Å². The van der Waals surface area contributed by atoms with Gasteiger partial charge < -0.3 is 14.8 Å². The second-order valence-corrected chi connectivity index (χ2v) is 4.62. The molecule has 1 aromatic heterocycles. The quantitative estimate of drug-likeness (QED) is 0.823. The molecule has 90 valence electrons. The van der Waals surface area contributed by atoms with E-state index in [0.29, 0.717) is 0 Å². The predicted octanol–water partition coefficient (Wildman–Crippen LogP) is 0.957. The Morgan fingerprint density at radius 3 is 3.19 bits per heavy atom. The lowest BCUT2D eigenvalue weighted by Crippen LogP contribution is -2.34. The lowest BCUT2D eigenvalue weighted by Gasteiger charge is -2.26. The predicted molar refractivity (Wildman–Crippen MR) is 65.4 cm³/mol. The van der Waals surface area contributed by atoms with Gasteiger partial charge in [-0.2, -0.15) is 0 Å². The second-order valence-electron chi connectivity index (χ2n) is 4.62. The molecule has 1 aromatic rings. The number of hydrogen-bond acceptors (Lipinski definition) is 3. The molecule has 2 rings (SSSR count). The molecule has 1 saturated heterocycles. The summed E-state index contributed by atoms with van der Waals surface area (Å²) in [4.78, 5) is 6.56. The highest BCUT2D eigenvalue weighted by Gasteiger charge is 2.15. The second kappa shape index (κ2) is 6.01. The Kier molecular flexibility index (Phi) is 4.36. The van der Waals surface area contributed by atoms with Gasteiger partial charge in [0.25, 0.3) is 0 Å². The van der Waals surface area contributed by atoms with Gasteiger partial charge >= 0.3 is 0 Å². The normalized spacial score (nSPS) is 22.2. The molecule has 0 aromatic carbocycles. The molecule has 1 N–H and O–H groups in total. The molecular formula is C12H22N4. The summed E-state index contributed by atoms with van der Waals surface area (Å²) >= 11 is 0. The Hall–Kier alpha value is -0.870. The van der Waals surface area contributed by atoms with Crippen LogP contribution in [0.3, 0.4) is 0 Å². The van der Waals surface area contributed by atoms with Crippen LogP contribution < -0.4 is 5.32 Å². The van der Waals surface area contributed by atoms with E-state index < -0.39 is 0 Å². The van der Waals surface area contributed by atoms with Crippen LogP contribution in [0.15, 0.2) is 18.7 Å². The maximum Gasteiger partial charge on any atom is 0.0946 e. The summed E-state index contributed by atoms with van der Waals surface area (Å²) in [5, 5.41) is 3.46. The molecule has 0 saturated carbocycles. The highest BCUT2D eigenvalue weighted by atomic mass is 15.2. The lowest BCUT2D eigenvalue weighted by atomic mass is 10.1. The van der Waals surface area contributed by atoms with E-state index >= 15 is 0 Å². The van der Waals surface area contributed by atoms with Crippen molar-refractivity contribution in [1.29, 1.82) is 0 Å².